The highest BCUT2D eigenvalue weighted by atomic mass is 16.4. The normalized spacial score (nSPS) is 16.5. The number of carboxylic acids is 1. The maximum Gasteiger partial charge on any atom is 0.320 e. The summed E-state index contributed by atoms with van der Waals surface area (Å²) >= 11 is 0. The third-order valence-corrected chi connectivity index (χ3v) is 2.07. The molecule has 0 aliphatic rings. The van der Waals surface area contributed by atoms with Gasteiger partial charge in [-0.3, -0.25) is 4.79 Å². The summed E-state index contributed by atoms with van der Waals surface area (Å²) in [4.78, 5) is 10.5. The summed E-state index contributed by atoms with van der Waals surface area (Å²) in [5.74, 6) is -0.468. The van der Waals surface area contributed by atoms with Crippen molar-refractivity contribution in [1.82, 2.24) is 0 Å². The van der Waals surface area contributed by atoms with Crippen LogP contribution in [0.25, 0.3) is 0 Å². The van der Waals surface area contributed by atoms with Crippen LogP contribution in [0.15, 0.2) is 0 Å². The Morgan fingerprint density at radius 2 is 2.00 bits per heavy atom. The molecule has 3 N–H and O–H groups in total. The standard InChI is InChI=1S/C8H17NO2/c1-4-6(5(2)3)7(9)8(10)11/h5-7H,4,9H2,1-3H3,(H,10,11). The molecule has 0 bridgehead atoms. The van der Waals surface area contributed by atoms with Crippen LogP contribution in [0.1, 0.15) is 27.2 Å². The van der Waals surface area contributed by atoms with E-state index >= 15 is 0 Å². The Morgan fingerprint density at radius 1 is 1.55 bits per heavy atom. The lowest BCUT2D eigenvalue weighted by molar-refractivity contribution is -0.140. The van der Waals surface area contributed by atoms with E-state index in [1.165, 1.54) is 0 Å². The second-order valence-corrected chi connectivity index (χ2v) is 3.18. The quantitative estimate of drug-likeness (QED) is 0.645. The highest BCUT2D eigenvalue weighted by molar-refractivity contribution is 5.73. The predicted molar refractivity (Wildman–Crippen MR) is 44.2 cm³/mol. The second-order valence-electron chi connectivity index (χ2n) is 3.18. The van der Waals surface area contributed by atoms with Crippen LogP contribution in [0, 0.1) is 11.8 Å². The lowest BCUT2D eigenvalue weighted by Gasteiger charge is -2.22. The van der Waals surface area contributed by atoms with E-state index in [0.29, 0.717) is 5.92 Å². The smallest absolute Gasteiger partial charge is 0.320 e. The molecule has 0 spiro atoms. The van der Waals surface area contributed by atoms with Crippen molar-refractivity contribution in [2.75, 3.05) is 0 Å². The van der Waals surface area contributed by atoms with Gasteiger partial charge in [0.2, 0.25) is 0 Å². The summed E-state index contributed by atoms with van der Waals surface area (Å²) in [6, 6.07) is -0.708. The van der Waals surface area contributed by atoms with Crippen molar-refractivity contribution < 1.29 is 9.90 Å². The molecule has 0 saturated heterocycles. The molecule has 0 aromatic rings. The molecule has 0 amide bonds. The Kier molecular flexibility index (Phi) is 4.11. The SMILES string of the molecule is CCC(C(C)C)C(N)C(=O)O. The van der Waals surface area contributed by atoms with E-state index in [-0.39, 0.29) is 5.92 Å². The Hall–Kier alpha value is -0.570. The van der Waals surface area contributed by atoms with E-state index in [0.717, 1.165) is 6.42 Å². The van der Waals surface area contributed by atoms with Gasteiger partial charge in [-0.25, -0.2) is 0 Å². The summed E-state index contributed by atoms with van der Waals surface area (Å²) in [5, 5.41) is 8.61. The maximum absolute atomic E-state index is 10.5. The van der Waals surface area contributed by atoms with Gasteiger partial charge in [0.05, 0.1) is 0 Å². The Bertz CT molecular complexity index is 134. The first-order chi connectivity index (χ1) is 5.00. The molecule has 3 nitrogen and oxygen atoms in total. The van der Waals surface area contributed by atoms with E-state index in [9.17, 15) is 4.79 Å². The molecule has 3 heteroatoms. The lowest BCUT2D eigenvalue weighted by Crippen LogP contribution is -2.40. The molecule has 2 unspecified atom stereocenters. The van der Waals surface area contributed by atoms with Crippen LogP contribution in [0.2, 0.25) is 0 Å². The number of aliphatic carboxylic acids is 1. The fraction of sp³-hybridized carbons (Fsp3) is 0.875. The first kappa shape index (κ1) is 10.4. The van der Waals surface area contributed by atoms with Gasteiger partial charge in [-0.1, -0.05) is 27.2 Å². The number of rotatable bonds is 4. The third-order valence-electron chi connectivity index (χ3n) is 2.07. The molecule has 0 fully saturated rings. The van der Waals surface area contributed by atoms with Crippen molar-refractivity contribution in [1.29, 1.82) is 0 Å². The van der Waals surface area contributed by atoms with E-state index in [2.05, 4.69) is 0 Å². The number of hydrogen-bond acceptors (Lipinski definition) is 2. The van der Waals surface area contributed by atoms with Crippen LogP contribution in [0.3, 0.4) is 0 Å². The highest BCUT2D eigenvalue weighted by Gasteiger charge is 2.24. The first-order valence-corrected chi connectivity index (χ1v) is 3.99. The Balaban J connectivity index is 4.13. The van der Waals surface area contributed by atoms with E-state index in [1.807, 2.05) is 20.8 Å². The molecular formula is C8H17NO2. The summed E-state index contributed by atoms with van der Waals surface area (Å²) in [5.41, 5.74) is 5.47. The van der Waals surface area contributed by atoms with Crippen molar-refractivity contribution in [2.45, 2.75) is 33.2 Å². The van der Waals surface area contributed by atoms with Gasteiger partial charge in [-0.2, -0.15) is 0 Å². The van der Waals surface area contributed by atoms with Gasteiger partial charge in [-0.05, 0) is 11.8 Å². The molecule has 0 aliphatic carbocycles. The molecule has 0 radical (unpaired) electrons. The van der Waals surface area contributed by atoms with E-state index < -0.39 is 12.0 Å². The number of nitrogens with two attached hydrogens (primary N) is 1. The average Bonchev–Trinajstić information content (AvgIpc) is 1.88. The predicted octanol–water partition coefficient (Wildman–Crippen LogP) is 1.08. The minimum absolute atomic E-state index is 0.0903. The first-order valence-electron chi connectivity index (χ1n) is 3.99. The molecule has 0 aromatic carbocycles. The summed E-state index contributed by atoms with van der Waals surface area (Å²) in [6.07, 6.45) is 0.825. The van der Waals surface area contributed by atoms with Crippen LogP contribution >= 0.6 is 0 Å². The zero-order valence-corrected chi connectivity index (χ0v) is 7.37. The van der Waals surface area contributed by atoms with Crippen LogP contribution < -0.4 is 5.73 Å². The molecule has 0 aromatic heterocycles. The third kappa shape index (κ3) is 2.89. The average molecular weight is 159 g/mol. The monoisotopic (exact) mass is 159 g/mol. The Labute approximate surface area is 67.6 Å². The zero-order valence-electron chi connectivity index (χ0n) is 7.37. The van der Waals surface area contributed by atoms with Crippen LogP contribution in [0.4, 0.5) is 0 Å². The van der Waals surface area contributed by atoms with Crippen molar-refractivity contribution in [2.24, 2.45) is 17.6 Å². The van der Waals surface area contributed by atoms with Crippen molar-refractivity contribution in [3.05, 3.63) is 0 Å². The number of carboxylic acid groups (broad SMARTS) is 1. The van der Waals surface area contributed by atoms with Gasteiger partial charge in [-0.15, -0.1) is 0 Å². The number of carbonyl (C=O) groups is 1. The molecule has 0 heterocycles. The van der Waals surface area contributed by atoms with E-state index in [4.69, 9.17) is 10.8 Å². The van der Waals surface area contributed by atoms with Gasteiger partial charge in [0, 0.05) is 0 Å². The summed E-state index contributed by atoms with van der Waals surface area (Å²) in [7, 11) is 0. The zero-order chi connectivity index (χ0) is 9.02. The molecule has 2 atom stereocenters. The maximum atomic E-state index is 10.5. The van der Waals surface area contributed by atoms with Crippen LogP contribution in [-0.4, -0.2) is 17.1 Å². The fourth-order valence-electron chi connectivity index (χ4n) is 1.32. The van der Waals surface area contributed by atoms with Crippen molar-refractivity contribution >= 4 is 5.97 Å². The van der Waals surface area contributed by atoms with Crippen molar-refractivity contribution in [3.63, 3.8) is 0 Å². The summed E-state index contributed by atoms with van der Waals surface area (Å²) in [6.45, 7) is 5.96. The lowest BCUT2D eigenvalue weighted by atomic mass is 9.87. The van der Waals surface area contributed by atoms with Crippen LogP contribution in [-0.2, 0) is 4.79 Å². The molecule has 0 saturated carbocycles. The van der Waals surface area contributed by atoms with Gasteiger partial charge >= 0.3 is 5.97 Å². The minimum Gasteiger partial charge on any atom is -0.480 e. The van der Waals surface area contributed by atoms with Gasteiger partial charge in [0.1, 0.15) is 6.04 Å². The fourth-order valence-corrected chi connectivity index (χ4v) is 1.32. The second kappa shape index (κ2) is 4.34. The Morgan fingerprint density at radius 3 is 2.09 bits per heavy atom. The molecule has 0 aliphatic heterocycles. The highest BCUT2D eigenvalue weighted by Crippen LogP contribution is 2.17. The molecule has 66 valence electrons. The van der Waals surface area contributed by atoms with Gasteiger partial charge < -0.3 is 10.8 Å². The molecular weight excluding hydrogens is 142 g/mol. The molecule has 11 heavy (non-hydrogen) atoms. The van der Waals surface area contributed by atoms with Crippen LogP contribution in [0.5, 0.6) is 0 Å². The number of hydrogen-bond donors (Lipinski definition) is 2. The summed E-state index contributed by atoms with van der Waals surface area (Å²) < 4.78 is 0. The van der Waals surface area contributed by atoms with Gasteiger partial charge in [0.15, 0.2) is 0 Å². The topological polar surface area (TPSA) is 63.3 Å². The molecule has 0 rings (SSSR count). The van der Waals surface area contributed by atoms with E-state index in [1.54, 1.807) is 0 Å². The van der Waals surface area contributed by atoms with Crippen molar-refractivity contribution in [3.8, 4) is 0 Å². The minimum atomic E-state index is -0.898. The van der Waals surface area contributed by atoms with Gasteiger partial charge in [0.25, 0.3) is 0 Å². The largest absolute Gasteiger partial charge is 0.480 e.